The van der Waals surface area contributed by atoms with Crippen molar-refractivity contribution in [1.29, 1.82) is 0 Å². The van der Waals surface area contributed by atoms with Gasteiger partial charge in [-0.3, -0.25) is 9.88 Å². The lowest BCUT2D eigenvalue weighted by Crippen LogP contribution is -2.36. The Bertz CT molecular complexity index is 769. The van der Waals surface area contributed by atoms with Crippen LogP contribution in [0.2, 0.25) is 0 Å². The van der Waals surface area contributed by atoms with E-state index in [1.54, 1.807) is 31.4 Å². The fourth-order valence-corrected chi connectivity index (χ4v) is 2.49. The number of hydrogen-bond acceptors (Lipinski definition) is 5. The van der Waals surface area contributed by atoms with Crippen LogP contribution in [0.1, 0.15) is 32.0 Å². The lowest BCUT2D eigenvalue weighted by Gasteiger charge is -2.28. The SMILES string of the molecule is COc1ccnc(CN(C(=O)OC(C)(C)C)c2cccc(C)c2)c1OC. The normalized spacial score (nSPS) is 11.0. The standard InChI is InChI=1S/C20H26N2O4/c1-14-8-7-9-15(12-14)22(19(23)26-20(2,3)4)13-16-18(25-6)17(24-5)10-11-21-16/h7-12H,13H2,1-6H3. The Morgan fingerprint density at radius 3 is 2.46 bits per heavy atom. The van der Waals surface area contributed by atoms with Gasteiger partial charge >= 0.3 is 6.09 Å². The summed E-state index contributed by atoms with van der Waals surface area (Å²) in [4.78, 5) is 18.7. The van der Waals surface area contributed by atoms with E-state index in [0.29, 0.717) is 17.2 Å². The number of pyridine rings is 1. The zero-order chi connectivity index (χ0) is 19.3. The predicted octanol–water partition coefficient (Wildman–Crippen LogP) is 4.35. The molecule has 6 nitrogen and oxygen atoms in total. The van der Waals surface area contributed by atoms with Gasteiger partial charge in [0, 0.05) is 18.0 Å². The van der Waals surface area contributed by atoms with E-state index in [1.165, 1.54) is 0 Å². The van der Waals surface area contributed by atoms with Crippen molar-refractivity contribution in [2.45, 2.75) is 39.8 Å². The van der Waals surface area contributed by atoms with E-state index in [-0.39, 0.29) is 6.54 Å². The van der Waals surface area contributed by atoms with Crippen molar-refractivity contribution < 1.29 is 19.0 Å². The van der Waals surface area contributed by atoms with Crippen LogP contribution in [0.3, 0.4) is 0 Å². The number of anilines is 1. The average Bonchev–Trinajstić information content (AvgIpc) is 2.57. The third-order valence-corrected chi connectivity index (χ3v) is 3.60. The quantitative estimate of drug-likeness (QED) is 0.795. The van der Waals surface area contributed by atoms with E-state index in [0.717, 1.165) is 11.3 Å². The number of rotatable bonds is 5. The number of nitrogens with zero attached hydrogens (tertiary/aromatic N) is 2. The molecule has 0 radical (unpaired) electrons. The first-order valence-electron chi connectivity index (χ1n) is 8.38. The molecule has 0 fully saturated rings. The molecule has 0 aliphatic carbocycles. The summed E-state index contributed by atoms with van der Waals surface area (Å²) < 4.78 is 16.4. The Hall–Kier alpha value is -2.76. The highest BCUT2D eigenvalue weighted by molar-refractivity contribution is 5.88. The molecule has 0 aliphatic rings. The van der Waals surface area contributed by atoms with Gasteiger partial charge in [0.05, 0.1) is 20.8 Å². The Labute approximate surface area is 154 Å². The van der Waals surface area contributed by atoms with Crippen molar-refractivity contribution in [3.05, 3.63) is 47.8 Å². The third kappa shape index (κ3) is 4.88. The molecule has 2 rings (SSSR count). The first-order valence-corrected chi connectivity index (χ1v) is 8.38. The highest BCUT2D eigenvalue weighted by Gasteiger charge is 2.26. The summed E-state index contributed by atoms with van der Waals surface area (Å²) >= 11 is 0. The van der Waals surface area contributed by atoms with E-state index < -0.39 is 11.7 Å². The Kier molecular flexibility index (Phi) is 6.08. The molecular weight excluding hydrogens is 332 g/mol. The van der Waals surface area contributed by atoms with Crippen molar-refractivity contribution in [1.82, 2.24) is 4.98 Å². The van der Waals surface area contributed by atoms with Crippen LogP contribution in [-0.4, -0.2) is 30.9 Å². The number of hydrogen-bond donors (Lipinski definition) is 0. The molecule has 0 saturated heterocycles. The summed E-state index contributed by atoms with van der Waals surface area (Å²) in [6.45, 7) is 7.68. The van der Waals surface area contributed by atoms with Crippen LogP contribution < -0.4 is 14.4 Å². The molecule has 140 valence electrons. The number of aromatic nitrogens is 1. The van der Waals surface area contributed by atoms with Crippen LogP contribution in [0.25, 0.3) is 0 Å². The molecule has 1 aromatic carbocycles. The van der Waals surface area contributed by atoms with Crippen molar-refractivity contribution in [3.63, 3.8) is 0 Å². The van der Waals surface area contributed by atoms with E-state index in [4.69, 9.17) is 14.2 Å². The number of amides is 1. The number of carbonyl (C=O) groups is 1. The fourth-order valence-electron chi connectivity index (χ4n) is 2.49. The van der Waals surface area contributed by atoms with Gasteiger partial charge in [0.15, 0.2) is 11.5 Å². The first kappa shape index (κ1) is 19.6. The number of benzene rings is 1. The molecule has 6 heteroatoms. The third-order valence-electron chi connectivity index (χ3n) is 3.60. The van der Waals surface area contributed by atoms with Crippen LogP contribution >= 0.6 is 0 Å². The molecule has 0 unspecified atom stereocenters. The molecule has 2 aromatic rings. The van der Waals surface area contributed by atoms with Crippen LogP contribution in [0.15, 0.2) is 36.5 Å². The molecular formula is C20H26N2O4. The van der Waals surface area contributed by atoms with Gasteiger partial charge in [-0.2, -0.15) is 0 Å². The Balaban J connectivity index is 2.44. The molecule has 0 aliphatic heterocycles. The van der Waals surface area contributed by atoms with E-state index in [1.807, 2.05) is 52.0 Å². The molecule has 0 N–H and O–H groups in total. The number of methoxy groups -OCH3 is 2. The lowest BCUT2D eigenvalue weighted by molar-refractivity contribution is 0.0577. The zero-order valence-corrected chi connectivity index (χ0v) is 16.2. The lowest BCUT2D eigenvalue weighted by atomic mass is 10.2. The van der Waals surface area contributed by atoms with Gasteiger partial charge < -0.3 is 14.2 Å². The van der Waals surface area contributed by atoms with Gasteiger partial charge in [0.25, 0.3) is 0 Å². The molecule has 0 spiro atoms. The molecule has 1 aromatic heterocycles. The topological polar surface area (TPSA) is 60.9 Å². The number of aryl methyl sites for hydroxylation is 1. The second-order valence-electron chi connectivity index (χ2n) is 6.90. The predicted molar refractivity (Wildman–Crippen MR) is 101 cm³/mol. The summed E-state index contributed by atoms with van der Waals surface area (Å²) in [6.07, 6.45) is 1.18. The summed E-state index contributed by atoms with van der Waals surface area (Å²) in [5.74, 6) is 1.06. The van der Waals surface area contributed by atoms with Gasteiger partial charge in [-0.05, 0) is 45.4 Å². The maximum atomic E-state index is 12.8. The van der Waals surface area contributed by atoms with Crippen LogP contribution in [0.4, 0.5) is 10.5 Å². The minimum Gasteiger partial charge on any atom is -0.493 e. The van der Waals surface area contributed by atoms with E-state index in [9.17, 15) is 4.79 Å². The van der Waals surface area contributed by atoms with Crippen LogP contribution in [0, 0.1) is 6.92 Å². The van der Waals surface area contributed by atoms with Gasteiger partial charge in [0.2, 0.25) is 0 Å². The molecule has 0 atom stereocenters. The van der Waals surface area contributed by atoms with Crippen molar-refractivity contribution in [2.75, 3.05) is 19.1 Å². The second kappa shape index (κ2) is 8.08. The van der Waals surface area contributed by atoms with Crippen LogP contribution in [0.5, 0.6) is 11.5 Å². The summed E-state index contributed by atoms with van der Waals surface area (Å²) in [5, 5.41) is 0. The second-order valence-corrected chi connectivity index (χ2v) is 6.90. The highest BCUT2D eigenvalue weighted by atomic mass is 16.6. The largest absolute Gasteiger partial charge is 0.493 e. The van der Waals surface area contributed by atoms with E-state index in [2.05, 4.69) is 4.98 Å². The molecule has 1 amide bonds. The van der Waals surface area contributed by atoms with Gasteiger partial charge in [-0.25, -0.2) is 4.79 Å². The van der Waals surface area contributed by atoms with E-state index >= 15 is 0 Å². The summed E-state index contributed by atoms with van der Waals surface area (Å²) in [7, 11) is 3.11. The van der Waals surface area contributed by atoms with Gasteiger partial charge in [-0.1, -0.05) is 12.1 Å². The smallest absolute Gasteiger partial charge is 0.415 e. The Morgan fingerprint density at radius 1 is 1.15 bits per heavy atom. The zero-order valence-electron chi connectivity index (χ0n) is 16.2. The first-order chi connectivity index (χ1) is 12.2. The molecule has 1 heterocycles. The minimum absolute atomic E-state index is 0.193. The molecule has 0 saturated carbocycles. The minimum atomic E-state index is -0.606. The Morgan fingerprint density at radius 2 is 1.88 bits per heavy atom. The van der Waals surface area contributed by atoms with Crippen molar-refractivity contribution in [2.24, 2.45) is 0 Å². The van der Waals surface area contributed by atoms with Gasteiger partial charge in [0.1, 0.15) is 11.3 Å². The number of carbonyl (C=O) groups excluding carboxylic acids is 1. The van der Waals surface area contributed by atoms with Crippen molar-refractivity contribution in [3.8, 4) is 11.5 Å². The molecule has 0 bridgehead atoms. The molecule has 26 heavy (non-hydrogen) atoms. The maximum Gasteiger partial charge on any atom is 0.415 e. The van der Waals surface area contributed by atoms with Crippen LogP contribution in [-0.2, 0) is 11.3 Å². The van der Waals surface area contributed by atoms with Crippen molar-refractivity contribution >= 4 is 11.8 Å². The average molecular weight is 358 g/mol. The monoisotopic (exact) mass is 358 g/mol. The van der Waals surface area contributed by atoms with Gasteiger partial charge in [-0.15, -0.1) is 0 Å². The maximum absolute atomic E-state index is 12.8. The highest BCUT2D eigenvalue weighted by Crippen LogP contribution is 2.31. The summed E-state index contributed by atoms with van der Waals surface area (Å²) in [5.41, 5.74) is 1.75. The fraction of sp³-hybridized carbons (Fsp3) is 0.400. The number of ether oxygens (including phenoxy) is 3. The summed E-state index contributed by atoms with van der Waals surface area (Å²) in [6, 6.07) is 9.38.